The number of hydrogen-bond donors (Lipinski definition) is 2. The second kappa shape index (κ2) is 7.65. The molecule has 7 nitrogen and oxygen atoms in total. The van der Waals surface area contributed by atoms with Gasteiger partial charge in [0.2, 0.25) is 0 Å². The third-order valence-electron chi connectivity index (χ3n) is 3.98. The van der Waals surface area contributed by atoms with E-state index in [-0.39, 0.29) is 10.5 Å². The van der Waals surface area contributed by atoms with Crippen LogP contribution in [0.3, 0.4) is 0 Å². The van der Waals surface area contributed by atoms with Crippen LogP contribution >= 0.6 is 0 Å². The molecule has 0 aliphatic carbocycles. The van der Waals surface area contributed by atoms with Crippen LogP contribution in [0.1, 0.15) is 10.4 Å². The maximum atomic E-state index is 12.5. The van der Waals surface area contributed by atoms with Crippen LogP contribution < -0.4 is 19.7 Å². The van der Waals surface area contributed by atoms with Crippen LogP contribution in [-0.2, 0) is 10.0 Å². The Kier molecular flexibility index (Phi) is 5.29. The number of amides is 1. The van der Waals surface area contributed by atoms with Crippen LogP contribution in [0.15, 0.2) is 65.6 Å². The Morgan fingerprint density at radius 1 is 0.852 bits per heavy atom. The zero-order valence-electron chi connectivity index (χ0n) is 14.7. The van der Waals surface area contributed by atoms with E-state index in [4.69, 9.17) is 9.47 Å². The summed E-state index contributed by atoms with van der Waals surface area (Å²) in [4.78, 5) is 14.4. The summed E-state index contributed by atoms with van der Waals surface area (Å²) in [7, 11) is -0.993. The standard InChI is InChI=1S/C19H18N2O5S/c1-25-17-10-8-15(12-18(17)26-2)19(22)20-21-27(23,24)16-9-7-13-5-3-4-6-14(13)11-16/h3-12,21H,1-2H3,(H,20,22). The Hall–Kier alpha value is -3.10. The topological polar surface area (TPSA) is 93.7 Å². The zero-order valence-corrected chi connectivity index (χ0v) is 15.5. The number of hydrogen-bond acceptors (Lipinski definition) is 5. The van der Waals surface area contributed by atoms with E-state index in [2.05, 4.69) is 10.3 Å². The molecule has 0 fully saturated rings. The summed E-state index contributed by atoms with van der Waals surface area (Å²) in [6, 6.07) is 16.6. The average molecular weight is 386 g/mol. The van der Waals surface area contributed by atoms with E-state index in [1.165, 1.54) is 32.4 Å². The molecule has 0 unspecified atom stereocenters. The fourth-order valence-electron chi connectivity index (χ4n) is 2.56. The van der Waals surface area contributed by atoms with Crippen LogP contribution in [0.2, 0.25) is 0 Å². The molecular formula is C19H18N2O5S. The summed E-state index contributed by atoms with van der Waals surface area (Å²) in [5, 5.41) is 1.71. The van der Waals surface area contributed by atoms with Crippen molar-refractivity contribution in [3.8, 4) is 11.5 Å². The van der Waals surface area contributed by atoms with Crippen molar-refractivity contribution in [2.24, 2.45) is 0 Å². The summed E-state index contributed by atoms with van der Waals surface area (Å²) in [5.74, 6) is 0.202. The van der Waals surface area contributed by atoms with Gasteiger partial charge in [-0.3, -0.25) is 10.2 Å². The minimum Gasteiger partial charge on any atom is -0.493 e. The van der Waals surface area contributed by atoms with E-state index in [1.54, 1.807) is 18.2 Å². The minimum atomic E-state index is -3.92. The molecule has 0 saturated carbocycles. The van der Waals surface area contributed by atoms with Crippen LogP contribution in [0.25, 0.3) is 10.8 Å². The van der Waals surface area contributed by atoms with Gasteiger partial charge < -0.3 is 9.47 Å². The average Bonchev–Trinajstić information content (AvgIpc) is 2.71. The molecule has 8 heteroatoms. The summed E-state index contributed by atoms with van der Waals surface area (Å²) in [6.45, 7) is 0. The van der Waals surface area contributed by atoms with Gasteiger partial charge >= 0.3 is 0 Å². The van der Waals surface area contributed by atoms with Gasteiger partial charge in [-0.15, -0.1) is 4.83 Å². The number of nitrogens with one attached hydrogen (secondary N) is 2. The molecule has 27 heavy (non-hydrogen) atoms. The van der Waals surface area contributed by atoms with E-state index in [0.717, 1.165) is 10.8 Å². The second-order valence-electron chi connectivity index (χ2n) is 5.64. The van der Waals surface area contributed by atoms with E-state index in [1.807, 2.05) is 24.3 Å². The highest BCUT2D eigenvalue weighted by molar-refractivity contribution is 7.89. The van der Waals surface area contributed by atoms with Gasteiger partial charge in [0.1, 0.15) is 0 Å². The van der Waals surface area contributed by atoms with Gasteiger partial charge in [-0.25, -0.2) is 8.42 Å². The van der Waals surface area contributed by atoms with Crippen molar-refractivity contribution in [3.05, 3.63) is 66.2 Å². The number of carbonyl (C=O) groups excluding carboxylic acids is 1. The number of ether oxygens (including phenoxy) is 2. The lowest BCUT2D eigenvalue weighted by molar-refractivity contribution is 0.0944. The van der Waals surface area contributed by atoms with Crippen molar-refractivity contribution in [1.29, 1.82) is 0 Å². The largest absolute Gasteiger partial charge is 0.493 e. The van der Waals surface area contributed by atoms with Crippen molar-refractivity contribution >= 4 is 26.7 Å². The first kappa shape index (κ1) is 18.7. The third kappa shape index (κ3) is 4.02. The minimum absolute atomic E-state index is 0.0498. The van der Waals surface area contributed by atoms with Crippen LogP contribution in [0.4, 0.5) is 0 Å². The first-order valence-electron chi connectivity index (χ1n) is 7.97. The third-order valence-corrected chi connectivity index (χ3v) is 5.22. The smallest absolute Gasteiger partial charge is 0.266 e. The highest BCUT2D eigenvalue weighted by atomic mass is 32.2. The Labute approximate surface area is 156 Å². The predicted molar refractivity (Wildman–Crippen MR) is 101 cm³/mol. The van der Waals surface area contributed by atoms with Gasteiger partial charge in [0.05, 0.1) is 19.1 Å². The zero-order chi connectivity index (χ0) is 19.4. The molecule has 0 atom stereocenters. The van der Waals surface area contributed by atoms with Crippen molar-refractivity contribution in [3.63, 3.8) is 0 Å². The highest BCUT2D eigenvalue weighted by Crippen LogP contribution is 2.27. The van der Waals surface area contributed by atoms with Gasteiger partial charge in [0.25, 0.3) is 15.9 Å². The summed E-state index contributed by atoms with van der Waals surface area (Å²) >= 11 is 0. The molecule has 0 heterocycles. The van der Waals surface area contributed by atoms with Crippen LogP contribution in [0, 0.1) is 0 Å². The molecule has 1 amide bonds. The Bertz CT molecular complexity index is 1100. The maximum absolute atomic E-state index is 12.5. The molecule has 0 aliphatic heterocycles. The highest BCUT2D eigenvalue weighted by Gasteiger charge is 2.17. The lowest BCUT2D eigenvalue weighted by Gasteiger charge is -2.11. The SMILES string of the molecule is COc1ccc(C(=O)NNS(=O)(=O)c2ccc3ccccc3c2)cc1OC. The lowest BCUT2D eigenvalue weighted by atomic mass is 10.1. The van der Waals surface area contributed by atoms with Crippen molar-refractivity contribution in [2.75, 3.05) is 14.2 Å². The maximum Gasteiger partial charge on any atom is 0.266 e. The Balaban J connectivity index is 1.77. The first-order chi connectivity index (χ1) is 12.9. The molecule has 3 aromatic rings. The number of rotatable bonds is 6. The molecular weight excluding hydrogens is 368 g/mol. The summed E-state index contributed by atoms with van der Waals surface area (Å²) < 4.78 is 35.2. The van der Waals surface area contributed by atoms with Gasteiger partial charge in [-0.1, -0.05) is 30.3 Å². The van der Waals surface area contributed by atoms with Gasteiger partial charge in [-0.2, -0.15) is 0 Å². The Morgan fingerprint density at radius 3 is 2.26 bits per heavy atom. The molecule has 3 rings (SSSR count). The first-order valence-corrected chi connectivity index (χ1v) is 9.46. The molecule has 0 radical (unpaired) electrons. The van der Waals surface area contributed by atoms with E-state index in [0.29, 0.717) is 11.5 Å². The lowest BCUT2D eigenvalue weighted by Crippen LogP contribution is -2.41. The molecule has 140 valence electrons. The fourth-order valence-corrected chi connectivity index (χ4v) is 3.43. The van der Waals surface area contributed by atoms with Crippen LogP contribution in [-0.4, -0.2) is 28.5 Å². The molecule has 2 N–H and O–H groups in total. The van der Waals surface area contributed by atoms with Crippen molar-refractivity contribution in [2.45, 2.75) is 4.90 Å². The molecule has 0 bridgehead atoms. The number of benzene rings is 3. The van der Waals surface area contributed by atoms with Crippen LogP contribution in [0.5, 0.6) is 11.5 Å². The Morgan fingerprint density at radius 2 is 1.56 bits per heavy atom. The van der Waals surface area contributed by atoms with Gasteiger partial charge in [-0.05, 0) is 41.1 Å². The number of sulfonamides is 1. The van der Waals surface area contributed by atoms with E-state index >= 15 is 0 Å². The molecule has 0 saturated heterocycles. The van der Waals surface area contributed by atoms with Crippen molar-refractivity contribution < 1.29 is 22.7 Å². The van der Waals surface area contributed by atoms with E-state index in [9.17, 15) is 13.2 Å². The van der Waals surface area contributed by atoms with Gasteiger partial charge in [0.15, 0.2) is 11.5 Å². The summed E-state index contributed by atoms with van der Waals surface area (Å²) in [5.41, 5.74) is 2.42. The molecule has 0 aromatic heterocycles. The predicted octanol–water partition coefficient (Wildman–Crippen LogP) is 2.48. The molecule has 0 spiro atoms. The number of methoxy groups -OCH3 is 2. The summed E-state index contributed by atoms with van der Waals surface area (Å²) in [6.07, 6.45) is 0. The molecule has 0 aliphatic rings. The number of hydrazine groups is 1. The number of fused-ring (bicyclic) bond motifs is 1. The van der Waals surface area contributed by atoms with E-state index < -0.39 is 15.9 Å². The quantitative estimate of drug-likeness (QED) is 0.635. The monoisotopic (exact) mass is 386 g/mol. The van der Waals surface area contributed by atoms with Crippen molar-refractivity contribution in [1.82, 2.24) is 10.3 Å². The van der Waals surface area contributed by atoms with Gasteiger partial charge in [0, 0.05) is 5.56 Å². The number of carbonyl (C=O) groups is 1. The normalized spacial score (nSPS) is 11.2. The fraction of sp³-hybridized carbons (Fsp3) is 0.105. The second-order valence-corrected chi connectivity index (χ2v) is 7.32. The molecule has 3 aromatic carbocycles.